The predicted octanol–water partition coefficient (Wildman–Crippen LogP) is 4.32. The molecule has 0 amide bonds. The maximum Gasteiger partial charge on any atom is 0.124 e. The van der Waals surface area contributed by atoms with E-state index < -0.39 is 0 Å². The summed E-state index contributed by atoms with van der Waals surface area (Å²) < 4.78 is 6.65. The monoisotopic (exact) mass is 321 g/mol. The topological polar surface area (TPSA) is 35.2 Å². The number of ether oxygens (including phenoxy) is 1. The number of hydrogen-bond donors (Lipinski definition) is 1. The Hall–Kier alpha value is -0.250. The average molecular weight is 323 g/mol. The molecule has 98 valence electrons. The van der Waals surface area contributed by atoms with Crippen LogP contribution in [0.4, 0.5) is 0 Å². The van der Waals surface area contributed by atoms with Crippen molar-refractivity contribution < 1.29 is 4.74 Å². The minimum Gasteiger partial charge on any atom is -0.494 e. The van der Waals surface area contributed by atoms with Gasteiger partial charge >= 0.3 is 0 Å². The molecule has 1 aromatic rings. The van der Waals surface area contributed by atoms with Crippen LogP contribution in [0, 0.1) is 5.92 Å². The van der Waals surface area contributed by atoms with Crippen LogP contribution >= 0.6 is 28.3 Å². The number of nitrogens with two attached hydrogens (primary N) is 1. The molecular formula is C13H21BrClNO. The van der Waals surface area contributed by atoms with Crippen molar-refractivity contribution in [1.82, 2.24) is 0 Å². The van der Waals surface area contributed by atoms with Crippen molar-refractivity contribution in [2.24, 2.45) is 11.7 Å². The first-order valence-electron chi connectivity index (χ1n) is 5.77. The molecule has 0 saturated carbocycles. The van der Waals surface area contributed by atoms with E-state index in [4.69, 9.17) is 10.5 Å². The van der Waals surface area contributed by atoms with Gasteiger partial charge in [0.25, 0.3) is 0 Å². The lowest BCUT2D eigenvalue weighted by Gasteiger charge is -2.21. The standard InChI is InChI=1S/C13H20BrNO.ClH/c1-4-9(3)13(15)11-8-10(14)6-7-12(11)16-5-2;/h6-9,13H,4-5,15H2,1-3H3;1H/t9?,13-;/m1./s1. The van der Waals surface area contributed by atoms with Gasteiger partial charge in [0.2, 0.25) is 0 Å². The van der Waals surface area contributed by atoms with Crippen molar-refractivity contribution in [3.8, 4) is 5.75 Å². The number of benzene rings is 1. The van der Waals surface area contributed by atoms with Gasteiger partial charge in [-0.25, -0.2) is 0 Å². The third kappa shape index (κ3) is 4.49. The highest BCUT2D eigenvalue weighted by Crippen LogP contribution is 2.32. The van der Waals surface area contributed by atoms with E-state index in [0.717, 1.165) is 22.2 Å². The molecule has 1 aromatic carbocycles. The van der Waals surface area contributed by atoms with E-state index in [9.17, 15) is 0 Å². The van der Waals surface area contributed by atoms with Gasteiger partial charge in [0.15, 0.2) is 0 Å². The molecule has 2 nitrogen and oxygen atoms in total. The number of rotatable bonds is 5. The summed E-state index contributed by atoms with van der Waals surface area (Å²) in [5.74, 6) is 1.35. The Kier molecular flexibility index (Phi) is 7.84. The van der Waals surface area contributed by atoms with Crippen LogP contribution in [0.15, 0.2) is 22.7 Å². The average Bonchev–Trinajstić information content (AvgIpc) is 2.29. The van der Waals surface area contributed by atoms with E-state index in [2.05, 4.69) is 35.8 Å². The van der Waals surface area contributed by atoms with Crippen LogP contribution in [0.3, 0.4) is 0 Å². The Morgan fingerprint density at radius 2 is 2.00 bits per heavy atom. The van der Waals surface area contributed by atoms with Crippen molar-refractivity contribution in [3.63, 3.8) is 0 Å². The van der Waals surface area contributed by atoms with Crippen LogP contribution in [-0.2, 0) is 0 Å². The fourth-order valence-electron chi connectivity index (χ4n) is 1.63. The van der Waals surface area contributed by atoms with E-state index in [1.807, 2.05) is 19.1 Å². The van der Waals surface area contributed by atoms with Crippen LogP contribution in [0.1, 0.15) is 38.8 Å². The van der Waals surface area contributed by atoms with Gasteiger partial charge in [0, 0.05) is 16.1 Å². The van der Waals surface area contributed by atoms with Gasteiger partial charge in [-0.2, -0.15) is 0 Å². The lowest BCUT2D eigenvalue weighted by Crippen LogP contribution is -2.19. The zero-order valence-corrected chi connectivity index (χ0v) is 13.0. The molecule has 1 unspecified atom stereocenters. The molecule has 0 heterocycles. The minimum atomic E-state index is 0. The second kappa shape index (κ2) is 7.96. The van der Waals surface area contributed by atoms with Gasteiger partial charge in [-0.3, -0.25) is 0 Å². The molecular weight excluding hydrogens is 302 g/mol. The first-order valence-corrected chi connectivity index (χ1v) is 6.57. The molecule has 0 saturated heterocycles. The minimum absolute atomic E-state index is 0. The van der Waals surface area contributed by atoms with Gasteiger partial charge < -0.3 is 10.5 Å². The highest BCUT2D eigenvalue weighted by Gasteiger charge is 2.17. The van der Waals surface area contributed by atoms with Crippen LogP contribution in [0.5, 0.6) is 5.75 Å². The van der Waals surface area contributed by atoms with Crippen LogP contribution in [-0.4, -0.2) is 6.61 Å². The lowest BCUT2D eigenvalue weighted by molar-refractivity contribution is 0.328. The second-order valence-corrected chi connectivity index (χ2v) is 4.94. The highest BCUT2D eigenvalue weighted by molar-refractivity contribution is 9.10. The largest absolute Gasteiger partial charge is 0.494 e. The summed E-state index contributed by atoms with van der Waals surface area (Å²) in [5, 5.41) is 0. The molecule has 17 heavy (non-hydrogen) atoms. The molecule has 0 aromatic heterocycles. The molecule has 2 atom stereocenters. The van der Waals surface area contributed by atoms with E-state index in [1.165, 1.54) is 0 Å². The molecule has 0 aliphatic rings. The molecule has 2 N–H and O–H groups in total. The van der Waals surface area contributed by atoms with E-state index >= 15 is 0 Å². The normalized spacial score (nSPS) is 13.7. The summed E-state index contributed by atoms with van der Waals surface area (Å²) in [6.07, 6.45) is 1.07. The summed E-state index contributed by atoms with van der Waals surface area (Å²) in [7, 11) is 0. The van der Waals surface area contributed by atoms with E-state index in [-0.39, 0.29) is 18.4 Å². The van der Waals surface area contributed by atoms with Crippen molar-refractivity contribution >= 4 is 28.3 Å². The number of halogens is 2. The molecule has 1 rings (SSSR count). The molecule has 4 heteroatoms. The lowest BCUT2D eigenvalue weighted by atomic mass is 9.93. The Morgan fingerprint density at radius 3 is 2.53 bits per heavy atom. The molecule has 0 aliphatic heterocycles. The Balaban J connectivity index is 0.00000256. The predicted molar refractivity (Wildman–Crippen MR) is 78.9 cm³/mol. The third-order valence-electron chi connectivity index (χ3n) is 2.89. The summed E-state index contributed by atoms with van der Waals surface area (Å²) in [6.45, 7) is 6.98. The zero-order chi connectivity index (χ0) is 12.1. The fraction of sp³-hybridized carbons (Fsp3) is 0.538. The highest BCUT2D eigenvalue weighted by atomic mass is 79.9. The second-order valence-electron chi connectivity index (χ2n) is 4.03. The quantitative estimate of drug-likeness (QED) is 0.876. The molecule has 0 fully saturated rings. The molecule has 0 spiro atoms. The first kappa shape index (κ1) is 16.8. The first-order chi connectivity index (χ1) is 7.60. The zero-order valence-electron chi connectivity index (χ0n) is 10.6. The summed E-state index contributed by atoms with van der Waals surface area (Å²) in [6, 6.07) is 6.05. The molecule has 0 bridgehead atoms. The summed E-state index contributed by atoms with van der Waals surface area (Å²) in [5.41, 5.74) is 7.34. The van der Waals surface area contributed by atoms with Crippen molar-refractivity contribution in [1.29, 1.82) is 0 Å². The molecule has 0 radical (unpaired) electrons. The smallest absolute Gasteiger partial charge is 0.124 e. The van der Waals surface area contributed by atoms with Crippen molar-refractivity contribution in [2.75, 3.05) is 6.61 Å². The van der Waals surface area contributed by atoms with Gasteiger partial charge in [-0.1, -0.05) is 36.2 Å². The Labute approximate surface area is 118 Å². The summed E-state index contributed by atoms with van der Waals surface area (Å²) in [4.78, 5) is 0. The van der Waals surface area contributed by atoms with Crippen molar-refractivity contribution in [2.45, 2.75) is 33.2 Å². The third-order valence-corrected chi connectivity index (χ3v) is 3.38. The van der Waals surface area contributed by atoms with Gasteiger partial charge in [0.1, 0.15) is 5.75 Å². The van der Waals surface area contributed by atoms with Gasteiger partial charge in [-0.15, -0.1) is 12.4 Å². The van der Waals surface area contributed by atoms with E-state index in [0.29, 0.717) is 12.5 Å². The SMILES string of the molecule is CCOc1ccc(Br)cc1[C@H](N)C(C)CC.Cl. The van der Waals surface area contributed by atoms with Crippen LogP contribution in [0.2, 0.25) is 0 Å². The maximum absolute atomic E-state index is 6.25. The van der Waals surface area contributed by atoms with Gasteiger partial charge in [0.05, 0.1) is 6.61 Å². The molecule has 0 aliphatic carbocycles. The Bertz CT molecular complexity index is 346. The number of hydrogen-bond acceptors (Lipinski definition) is 2. The van der Waals surface area contributed by atoms with Crippen molar-refractivity contribution in [3.05, 3.63) is 28.2 Å². The van der Waals surface area contributed by atoms with Gasteiger partial charge in [-0.05, 0) is 31.0 Å². The fourth-order valence-corrected chi connectivity index (χ4v) is 2.01. The van der Waals surface area contributed by atoms with Crippen LogP contribution < -0.4 is 10.5 Å². The Morgan fingerprint density at radius 1 is 1.35 bits per heavy atom. The summed E-state index contributed by atoms with van der Waals surface area (Å²) >= 11 is 3.48. The van der Waals surface area contributed by atoms with Crippen LogP contribution in [0.25, 0.3) is 0 Å². The van der Waals surface area contributed by atoms with E-state index in [1.54, 1.807) is 0 Å². The maximum atomic E-state index is 6.25.